The van der Waals surface area contributed by atoms with Crippen LogP contribution in [0.2, 0.25) is 0 Å². The molecule has 5 nitrogen and oxygen atoms in total. The van der Waals surface area contributed by atoms with Crippen molar-refractivity contribution in [2.45, 2.75) is 45.6 Å². The molecule has 2 N–H and O–H groups in total. The van der Waals surface area contributed by atoms with Crippen molar-refractivity contribution in [3.8, 4) is 5.88 Å². The van der Waals surface area contributed by atoms with Crippen LogP contribution in [0.25, 0.3) is 0 Å². The van der Waals surface area contributed by atoms with Crippen molar-refractivity contribution >= 4 is 0 Å². The Balaban J connectivity index is 2.29. The first kappa shape index (κ1) is 12.0. The fourth-order valence-electron chi connectivity index (χ4n) is 2.46. The van der Waals surface area contributed by atoms with Gasteiger partial charge in [0.05, 0.1) is 5.56 Å². The van der Waals surface area contributed by atoms with E-state index in [-0.39, 0.29) is 11.4 Å². The van der Waals surface area contributed by atoms with Crippen LogP contribution in [-0.2, 0) is 6.54 Å². The Labute approximate surface area is 99.1 Å². The van der Waals surface area contributed by atoms with E-state index in [4.69, 9.17) is 0 Å². The number of hydrogen-bond donors (Lipinski definition) is 2. The maximum absolute atomic E-state index is 11.6. The van der Waals surface area contributed by atoms with E-state index in [0.717, 1.165) is 12.8 Å². The summed E-state index contributed by atoms with van der Waals surface area (Å²) in [6.07, 6.45) is 5.79. The molecule has 0 spiro atoms. The van der Waals surface area contributed by atoms with Crippen LogP contribution >= 0.6 is 0 Å². The van der Waals surface area contributed by atoms with Gasteiger partial charge in [-0.25, -0.2) is 4.79 Å². The van der Waals surface area contributed by atoms with E-state index >= 15 is 0 Å². The Bertz CT molecular complexity index is 509. The van der Waals surface area contributed by atoms with E-state index in [2.05, 4.69) is 4.98 Å². The van der Waals surface area contributed by atoms with Gasteiger partial charge in [0.15, 0.2) is 0 Å². The van der Waals surface area contributed by atoms with E-state index in [9.17, 15) is 14.7 Å². The molecule has 1 aliphatic rings. The number of nitrogens with zero attached hydrogens (tertiary/aromatic N) is 1. The average molecular weight is 238 g/mol. The molecule has 0 aliphatic heterocycles. The molecule has 0 amide bonds. The number of aromatic hydroxyl groups is 1. The van der Waals surface area contributed by atoms with Crippen molar-refractivity contribution in [3.63, 3.8) is 0 Å². The Morgan fingerprint density at radius 2 is 1.94 bits per heavy atom. The summed E-state index contributed by atoms with van der Waals surface area (Å²) in [4.78, 5) is 25.1. The van der Waals surface area contributed by atoms with Gasteiger partial charge < -0.3 is 5.11 Å². The smallest absolute Gasteiger partial charge is 0.331 e. The molecule has 5 heteroatoms. The second-order valence-electron chi connectivity index (χ2n) is 4.82. The predicted octanol–water partition coefficient (Wildman–Crippen LogP) is 1.13. The highest BCUT2D eigenvalue weighted by Gasteiger charge is 2.17. The molecule has 2 rings (SSSR count). The number of hydrogen-bond acceptors (Lipinski definition) is 3. The number of aromatic amines is 1. The van der Waals surface area contributed by atoms with Crippen LogP contribution in [0.3, 0.4) is 0 Å². The molecule has 0 unspecified atom stereocenters. The van der Waals surface area contributed by atoms with Crippen molar-refractivity contribution in [1.29, 1.82) is 0 Å². The lowest BCUT2D eigenvalue weighted by molar-refractivity contribution is 0.291. The van der Waals surface area contributed by atoms with Crippen LogP contribution in [0, 0.1) is 12.8 Å². The van der Waals surface area contributed by atoms with Crippen LogP contribution in [-0.4, -0.2) is 14.7 Å². The van der Waals surface area contributed by atoms with Gasteiger partial charge in [-0.15, -0.1) is 0 Å². The molecule has 1 aliphatic carbocycles. The molecule has 1 saturated carbocycles. The summed E-state index contributed by atoms with van der Waals surface area (Å²) in [5, 5.41) is 9.83. The normalized spacial score (nSPS) is 17.2. The molecule has 1 heterocycles. The van der Waals surface area contributed by atoms with Crippen molar-refractivity contribution in [3.05, 3.63) is 26.4 Å². The third-order valence-electron chi connectivity index (χ3n) is 3.56. The van der Waals surface area contributed by atoms with Crippen molar-refractivity contribution < 1.29 is 5.11 Å². The van der Waals surface area contributed by atoms with Gasteiger partial charge >= 0.3 is 5.69 Å². The van der Waals surface area contributed by atoms with Crippen LogP contribution < -0.4 is 11.2 Å². The summed E-state index contributed by atoms with van der Waals surface area (Å²) in [5.41, 5.74) is -0.809. The summed E-state index contributed by atoms with van der Waals surface area (Å²) in [6, 6.07) is 0. The first-order valence-electron chi connectivity index (χ1n) is 6.12. The number of nitrogens with one attached hydrogen (secondary N) is 1. The van der Waals surface area contributed by atoms with E-state index in [1.165, 1.54) is 30.8 Å². The molecule has 94 valence electrons. The lowest BCUT2D eigenvalue weighted by atomic mass is 9.89. The fraction of sp³-hybridized carbons (Fsp3) is 0.667. The summed E-state index contributed by atoms with van der Waals surface area (Å²) in [7, 11) is 0. The predicted molar refractivity (Wildman–Crippen MR) is 64.3 cm³/mol. The van der Waals surface area contributed by atoms with Gasteiger partial charge in [-0.2, -0.15) is 0 Å². The van der Waals surface area contributed by atoms with Gasteiger partial charge in [0.25, 0.3) is 5.56 Å². The first-order valence-corrected chi connectivity index (χ1v) is 6.12. The number of H-pyrrole nitrogens is 1. The van der Waals surface area contributed by atoms with Gasteiger partial charge in [-0.1, -0.05) is 19.3 Å². The Morgan fingerprint density at radius 3 is 2.59 bits per heavy atom. The molecule has 1 aromatic rings. The van der Waals surface area contributed by atoms with E-state index in [1.807, 2.05) is 0 Å². The Hall–Kier alpha value is -1.52. The van der Waals surface area contributed by atoms with E-state index in [0.29, 0.717) is 12.5 Å². The maximum Gasteiger partial charge on any atom is 0.331 e. The number of rotatable bonds is 2. The standard InChI is InChI=1S/C12H18N2O3/c1-8-10(15)13-12(17)14(11(8)16)7-9-5-3-2-4-6-9/h9,16H,2-7H2,1H3,(H,13,15,17). The summed E-state index contributed by atoms with van der Waals surface area (Å²) in [5.74, 6) is 0.238. The largest absolute Gasteiger partial charge is 0.494 e. The summed E-state index contributed by atoms with van der Waals surface area (Å²) >= 11 is 0. The quantitative estimate of drug-likeness (QED) is 0.811. The molecule has 1 fully saturated rings. The Kier molecular flexibility index (Phi) is 3.36. The minimum Gasteiger partial charge on any atom is -0.494 e. The van der Waals surface area contributed by atoms with E-state index in [1.54, 1.807) is 0 Å². The highest BCUT2D eigenvalue weighted by atomic mass is 16.3. The van der Waals surface area contributed by atoms with Crippen LogP contribution in [0.1, 0.15) is 37.7 Å². The fourth-order valence-corrected chi connectivity index (χ4v) is 2.46. The lowest BCUT2D eigenvalue weighted by Gasteiger charge is -2.22. The van der Waals surface area contributed by atoms with Crippen molar-refractivity contribution in [2.24, 2.45) is 5.92 Å². The molecule has 0 aromatic carbocycles. The van der Waals surface area contributed by atoms with Gasteiger partial charge in [0.2, 0.25) is 5.88 Å². The van der Waals surface area contributed by atoms with Gasteiger partial charge in [-0.3, -0.25) is 14.3 Å². The second kappa shape index (κ2) is 4.77. The molecule has 17 heavy (non-hydrogen) atoms. The minimum absolute atomic E-state index is 0.190. The van der Waals surface area contributed by atoms with Crippen molar-refractivity contribution in [1.82, 2.24) is 9.55 Å². The molecule has 0 bridgehead atoms. The molecular formula is C12H18N2O3. The maximum atomic E-state index is 11.6. The van der Waals surface area contributed by atoms with E-state index < -0.39 is 11.2 Å². The molecule has 1 aromatic heterocycles. The molecule has 0 radical (unpaired) electrons. The lowest BCUT2D eigenvalue weighted by Crippen LogP contribution is -2.33. The molecular weight excluding hydrogens is 220 g/mol. The highest BCUT2D eigenvalue weighted by Crippen LogP contribution is 2.25. The van der Waals surface area contributed by atoms with Gasteiger partial charge in [-0.05, 0) is 25.7 Å². The Morgan fingerprint density at radius 1 is 1.29 bits per heavy atom. The zero-order valence-corrected chi connectivity index (χ0v) is 10.0. The zero-order chi connectivity index (χ0) is 12.4. The van der Waals surface area contributed by atoms with Crippen LogP contribution in [0.15, 0.2) is 9.59 Å². The number of aromatic nitrogens is 2. The molecule has 0 saturated heterocycles. The third-order valence-corrected chi connectivity index (χ3v) is 3.56. The third kappa shape index (κ3) is 2.43. The van der Waals surface area contributed by atoms with Crippen molar-refractivity contribution in [2.75, 3.05) is 0 Å². The van der Waals surface area contributed by atoms with Crippen LogP contribution in [0.4, 0.5) is 0 Å². The minimum atomic E-state index is -0.510. The molecule has 0 atom stereocenters. The summed E-state index contributed by atoms with van der Waals surface area (Å²) in [6.45, 7) is 2.02. The topological polar surface area (TPSA) is 75.1 Å². The zero-order valence-electron chi connectivity index (χ0n) is 10.0. The first-order chi connectivity index (χ1) is 8.09. The summed E-state index contributed by atoms with van der Waals surface area (Å²) < 4.78 is 1.28. The second-order valence-corrected chi connectivity index (χ2v) is 4.82. The monoisotopic (exact) mass is 238 g/mol. The van der Waals surface area contributed by atoms with Crippen LogP contribution in [0.5, 0.6) is 5.88 Å². The van der Waals surface area contributed by atoms with Gasteiger partial charge in [0.1, 0.15) is 0 Å². The van der Waals surface area contributed by atoms with Gasteiger partial charge in [0, 0.05) is 6.54 Å². The highest BCUT2D eigenvalue weighted by molar-refractivity contribution is 5.20. The average Bonchev–Trinajstić information content (AvgIpc) is 2.33. The SMILES string of the molecule is Cc1c(O)n(CC2CCCCC2)c(=O)[nH]c1=O.